The molecule has 0 saturated carbocycles. The Bertz CT molecular complexity index is 530. The number of fused-ring (bicyclic) bond motifs is 1. The van der Waals surface area contributed by atoms with Crippen molar-refractivity contribution in [3.63, 3.8) is 0 Å². The lowest BCUT2D eigenvalue weighted by Crippen LogP contribution is -2.16. The Kier molecular flexibility index (Phi) is 2.73. The van der Waals surface area contributed by atoms with Crippen LogP contribution in [0.15, 0.2) is 24.8 Å². The number of nitrogens with zero attached hydrogens (tertiary/aromatic N) is 3. The summed E-state index contributed by atoms with van der Waals surface area (Å²) in [5, 5.41) is 3.39. The first-order valence-electron chi connectivity index (χ1n) is 5.96. The van der Waals surface area contributed by atoms with E-state index in [-0.39, 0.29) is 0 Å². The van der Waals surface area contributed by atoms with E-state index in [4.69, 9.17) is 0 Å². The molecule has 17 heavy (non-hydrogen) atoms. The third kappa shape index (κ3) is 2.13. The van der Waals surface area contributed by atoms with Crippen LogP contribution in [0.1, 0.15) is 19.3 Å². The van der Waals surface area contributed by atoms with Gasteiger partial charge in [0.25, 0.3) is 0 Å². The van der Waals surface area contributed by atoms with Crippen LogP contribution in [-0.4, -0.2) is 26.5 Å². The summed E-state index contributed by atoms with van der Waals surface area (Å²) in [6.07, 6.45) is 11.3. The highest BCUT2D eigenvalue weighted by Crippen LogP contribution is 2.20. The van der Waals surface area contributed by atoms with Crippen molar-refractivity contribution < 1.29 is 0 Å². The van der Waals surface area contributed by atoms with Crippen LogP contribution in [0, 0.1) is 5.92 Å². The van der Waals surface area contributed by atoms with Crippen LogP contribution in [0.2, 0.25) is 0 Å². The average Bonchev–Trinajstić information content (AvgIpc) is 2.86. The molecule has 1 aliphatic carbocycles. The number of aromatic nitrogens is 4. The molecular formula is C12H15N5. The summed E-state index contributed by atoms with van der Waals surface area (Å²) in [6, 6.07) is 0. The van der Waals surface area contributed by atoms with Crippen molar-refractivity contribution in [3.05, 3.63) is 24.8 Å². The van der Waals surface area contributed by atoms with E-state index >= 15 is 0 Å². The van der Waals surface area contributed by atoms with Crippen LogP contribution in [0.3, 0.4) is 0 Å². The quantitative estimate of drug-likeness (QED) is 0.791. The molecule has 5 nitrogen and oxygen atoms in total. The minimum atomic E-state index is 0.702. The van der Waals surface area contributed by atoms with Gasteiger partial charge in [0.05, 0.1) is 6.33 Å². The number of imidazole rings is 1. The summed E-state index contributed by atoms with van der Waals surface area (Å²) in [5.74, 6) is 1.55. The zero-order valence-corrected chi connectivity index (χ0v) is 9.56. The molecule has 2 aromatic heterocycles. The Hall–Kier alpha value is -1.91. The second-order valence-corrected chi connectivity index (χ2v) is 4.35. The standard InChI is InChI=1S/C12H15N5/c1-2-4-9(5-3-1)6-13-11-10-12(15-7-14-10)17-8-16-11/h1-2,7-9H,3-6H2,(H2,13,14,15,16,17)/t9-/m1/s1. The average molecular weight is 229 g/mol. The molecule has 1 atom stereocenters. The Morgan fingerprint density at radius 3 is 3.18 bits per heavy atom. The molecule has 0 unspecified atom stereocenters. The van der Waals surface area contributed by atoms with E-state index in [0.717, 1.165) is 24.3 Å². The minimum Gasteiger partial charge on any atom is -0.368 e. The van der Waals surface area contributed by atoms with Gasteiger partial charge in [0.2, 0.25) is 0 Å². The number of hydrogen-bond donors (Lipinski definition) is 2. The maximum Gasteiger partial charge on any atom is 0.182 e. The summed E-state index contributed by atoms with van der Waals surface area (Å²) < 4.78 is 0. The van der Waals surface area contributed by atoms with Gasteiger partial charge < -0.3 is 10.3 Å². The Morgan fingerprint density at radius 1 is 1.29 bits per heavy atom. The molecule has 5 heteroatoms. The predicted molar refractivity (Wildman–Crippen MR) is 66.7 cm³/mol. The normalized spacial score (nSPS) is 19.6. The summed E-state index contributed by atoms with van der Waals surface area (Å²) in [4.78, 5) is 15.5. The van der Waals surface area contributed by atoms with Gasteiger partial charge in [0, 0.05) is 6.54 Å². The van der Waals surface area contributed by atoms with Crippen molar-refractivity contribution in [1.82, 2.24) is 19.9 Å². The highest BCUT2D eigenvalue weighted by Gasteiger charge is 2.11. The van der Waals surface area contributed by atoms with Crippen molar-refractivity contribution in [2.24, 2.45) is 5.92 Å². The van der Waals surface area contributed by atoms with Gasteiger partial charge in [-0.1, -0.05) is 12.2 Å². The fraction of sp³-hybridized carbons (Fsp3) is 0.417. The van der Waals surface area contributed by atoms with E-state index in [9.17, 15) is 0 Å². The summed E-state index contributed by atoms with van der Waals surface area (Å²) in [6.45, 7) is 0.954. The molecule has 0 spiro atoms. The number of anilines is 1. The van der Waals surface area contributed by atoms with Gasteiger partial charge in [0.1, 0.15) is 11.8 Å². The van der Waals surface area contributed by atoms with Gasteiger partial charge in [-0.3, -0.25) is 0 Å². The van der Waals surface area contributed by atoms with Gasteiger partial charge >= 0.3 is 0 Å². The van der Waals surface area contributed by atoms with Crippen LogP contribution in [-0.2, 0) is 0 Å². The molecule has 0 saturated heterocycles. The van der Waals surface area contributed by atoms with Crippen molar-refractivity contribution in [3.8, 4) is 0 Å². The third-order valence-corrected chi connectivity index (χ3v) is 3.16. The first-order chi connectivity index (χ1) is 8.43. The van der Waals surface area contributed by atoms with E-state index < -0.39 is 0 Å². The van der Waals surface area contributed by atoms with Crippen LogP contribution in [0.5, 0.6) is 0 Å². The molecule has 0 aromatic carbocycles. The molecule has 88 valence electrons. The van der Waals surface area contributed by atoms with E-state index in [1.54, 1.807) is 12.7 Å². The van der Waals surface area contributed by atoms with Crippen LogP contribution >= 0.6 is 0 Å². The monoisotopic (exact) mass is 229 g/mol. The molecule has 0 radical (unpaired) electrons. The topological polar surface area (TPSA) is 66.5 Å². The summed E-state index contributed by atoms with van der Waals surface area (Å²) >= 11 is 0. The lowest BCUT2D eigenvalue weighted by Gasteiger charge is -2.18. The molecule has 0 aliphatic heterocycles. The number of aromatic amines is 1. The van der Waals surface area contributed by atoms with Crippen molar-refractivity contribution in [2.45, 2.75) is 19.3 Å². The van der Waals surface area contributed by atoms with Crippen molar-refractivity contribution >= 4 is 17.0 Å². The number of hydrogen-bond acceptors (Lipinski definition) is 4. The zero-order chi connectivity index (χ0) is 11.5. The van der Waals surface area contributed by atoms with Gasteiger partial charge in [-0.05, 0) is 25.2 Å². The molecule has 0 amide bonds. The number of H-pyrrole nitrogens is 1. The number of nitrogens with one attached hydrogen (secondary N) is 2. The van der Waals surface area contributed by atoms with Gasteiger partial charge in [0.15, 0.2) is 11.5 Å². The number of allylic oxidation sites excluding steroid dienone is 2. The fourth-order valence-corrected chi connectivity index (χ4v) is 2.18. The smallest absolute Gasteiger partial charge is 0.182 e. The molecule has 3 rings (SSSR count). The SMILES string of the molecule is C1=CC[C@@H](CNc2ncnc3nc[nH]c23)CC1. The van der Waals surface area contributed by atoms with Crippen LogP contribution < -0.4 is 5.32 Å². The van der Waals surface area contributed by atoms with E-state index in [2.05, 4.69) is 37.4 Å². The lowest BCUT2D eigenvalue weighted by molar-refractivity contribution is 0.504. The molecular weight excluding hydrogens is 214 g/mol. The largest absolute Gasteiger partial charge is 0.368 e. The van der Waals surface area contributed by atoms with Crippen molar-refractivity contribution in [2.75, 3.05) is 11.9 Å². The van der Waals surface area contributed by atoms with E-state index in [0.29, 0.717) is 11.6 Å². The predicted octanol–water partition coefficient (Wildman–Crippen LogP) is 2.12. The maximum atomic E-state index is 4.25. The highest BCUT2D eigenvalue weighted by atomic mass is 15.1. The first-order valence-corrected chi connectivity index (χ1v) is 5.96. The summed E-state index contributed by atoms with van der Waals surface area (Å²) in [7, 11) is 0. The lowest BCUT2D eigenvalue weighted by atomic mass is 9.94. The van der Waals surface area contributed by atoms with Crippen molar-refractivity contribution in [1.29, 1.82) is 0 Å². The molecule has 0 bridgehead atoms. The zero-order valence-electron chi connectivity index (χ0n) is 9.56. The Morgan fingerprint density at radius 2 is 2.29 bits per heavy atom. The molecule has 2 aromatic rings. The molecule has 2 heterocycles. The maximum absolute atomic E-state index is 4.25. The minimum absolute atomic E-state index is 0.702. The van der Waals surface area contributed by atoms with Gasteiger partial charge in [-0.25, -0.2) is 15.0 Å². The highest BCUT2D eigenvalue weighted by molar-refractivity contribution is 5.81. The number of rotatable bonds is 3. The Labute approximate surface area is 99.4 Å². The van der Waals surface area contributed by atoms with E-state index in [1.165, 1.54) is 12.8 Å². The second-order valence-electron chi connectivity index (χ2n) is 4.35. The summed E-state index contributed by atoms with van der Waals surface area (Å²) in [5.41, 5.74) is 1.60. The molecule has 1 aliphatic rings. The first kappa shape index (κ1) is 10.3. The molecule has 2 N–H and O–H groups in total. The molecule has 0 fully saturated rings. The fourth-order valence-electron chi connectivity index (χ4n) is 2.18. The third-order valence-electron chi connectivity index (χ3n) is 3.16. The Balaban J connectivity index is 1.72. The van der Waals surface area contributed by atoms with Crippen LogP contribution in [0.4, 0.5) is 5.82 Å². The van der Waals surface area contributed by atoms with Gasteiger partial charge in [-0.15, -0.1) is 0 Å². The van der Waals surface area contributed by atoms with E-state index in [1.807, 2.05) is 0 Å². The van der Waals surface area contributed by atoms with Crippen LogP contribution in [0.25, 0.3) is 11.2 Å². The van der Waals surface area contributed by atoms with Gasteiger partial charge in [-0.2, -0.15) is 0 Å². The second kappa shape index (κ2) is 4.53.